The number of carbonyl (C=O) groups excluding carboxylic acids is 3. The van der Waals surface area contributed by atoms with Gasteiger partial charge in [0.25, 0.3) is 17.7 Å². The number of imide groups is 1. The van der Waals surface area contributed by atoms with E-state index >= 15 is 0 Å². The molecule has 3 atom stereocenters. The second-order valence-electron chi connectivity index (χ2n) is 12.3. The molecule has 5 rings (SSSR count). The first-order valence-corrected chi connectivity index (χ1v) is 14.4. The number of rotatable bonds is 5. The Morgan fingerprint density at radius 1 is 0.841 bits per heavy atom. The van der Waals surface area contributed by atoms with E-state index in [2.05, 4.69) is 0 Å². The Morgan fingerprint density at radius 2 is 1.43 bits per heavy atom. The minimum atomic E-state index is -5.74. The largest absolute Gasteiger partial charge is 0.410 e. The van der Waals surface area contributed by atoms with Gasteiger partial charge in [0, 0.05) is 34.4 Å². The molecule has 1 N–H and O–H groups in total. The minimum Gasteiger partial charge on any atom is -0.372 e. The summed E-state index contributed by atoms with van der Waals surface area (Å²) in [5.74, 6) is -3.61. The molecular formula is C32H32F6N2O4. The van der Waals surface area contributed by atoms with Crippen LogP contribution in [0.15, 0.2) is 70.5 Å². The fourth-order valence-corrected chi connectivity index (χ4v) is 6.97. The van der Waals surface area contributed by atoms with Crippen molar-refractivity contribution >= 4 is 17.7 Å². The molecule has 236 valence electrons. The standard InChI is InChI=1S/C32H32F6N2O4/c1-15(2)18-6-8-19(9-7-18)30(31(33,34)35,32(36,37)38)20-10-12-21(13-11-20)40-27(42)23-14-22-24(17(5)25(23)29(40)44)28(43)39(16(3)4)26(22)41/h6-10,12,14-17,25,29,44H,11,13H2,1-5H3/t17?,25-,29?/m0/s1. The molecular weight excluding hydrogens is 590 g/mol. The highest BCUT2D eigenvalue weighted by Crippen LogP contribution is 2.58. The van der Waals surface area contributed by atoms with Gasteiger partial charge in [0.2, 0.25) is 5.41 Å². The number of hydrogen-bond acceptors (Lipinski definition) is 4. The first-order valence-electron chi connectivity index (χ1n) is 14.4. The number of hydrogen-bond donors (Lipinski definition) is 1. The number of amides is 3. The molecule has 4 aliphatic rings. The van der Waals surface area contributed by atoms with Crippen LogP contribution in [-0.4, -0.2) is 57.3 Å². The molecule has 1 aromatic carbocycles. The van der Waals surface area contributed by atoms with E-state index in [1.54, 1.807) is 34.6 Å². The van der Waals surface area contributed by atoms with Crippen LogP contribution in [0, 0.1) is 11.8 Å². The predicted octanol–water partition coefficient (Wildman–Crippen LogP) is 6.20. The highest BCUT2D eigenvalue weighted by molar-refractivity contribution is 6.22. The van der Waals surface area contributed by atoms with Crippen molar-refractivity contribution in [2.24, 2.45) is 11.8 Å². The molecule has 2 aliphatic heterocycles. The lowest BCUT2D eigenvalue weighted by molar-refractivity contribution is -0.290. The van der Waals surface area contributed by atoms with Crippen LogP contribution in [0.3, 0.4) is 0 Å². The Kier molecular flexibility index (Phi) is 7.55. The van der Waals surface area contributed by atoms with E-state index in [-0.39, 0.29) is 28.3 Å². The zero-order chi connectivity index (χ0) is 32.7. The second kappa shape index (κ2) is 10.5. The quantitative estimate of drug-likeness (QED) is 0.313. The van der Waals surface area contributed by atoms with Crippen LogP contribution in [0.2, 0.25) is 0 Å². The normalized spacial score (nSPS) is 24.7. The SMILES string of the molecule is CC(C)c1ccc(C(C2=CC=C(N3C(=O)C4=CC5=C(C(=O)N(C(C)C)C5=O)C(C)[C@@H]4C3O)CC2)(C(F)(F)F)C(F)(F)F)cc1. The predicted molar refractivity (Wildman–Crippen MR) is 147 cm³/mol. The highest BCUT2D eigenvalue weighted by Gasteiger charge is 2.73. The Morgan fingerprint density at radius 3 is 1.91 bits per heavy atom. The number of aliphatic hydroxyl groups is 1. The molecule has 1 fully saturated rings. The molecule has 0 radical (unpaired) electrons. The van der Waals surface area contributed by atoms with Gasteiger partial charge in [0.05, 0.1) is 0 Å². The summed E-state index contributed by atoms with van der Waals surface area (Å²) >= 11 is 0. The molecule has 1 saturated heterocycles. The van der Waals surface area contributed by atoms with E-state index < -0.39 is 83.6 Å². The maximum Gasteiger partial charge on any atom is 0.410 e. The monoisotopic (exact) mass is 622 g/mol. The van der Waals surface area contributed by atoms with Crippen molar-refractivity contribution < 1.29 is 45.8 Å². The lowest BCUT2D eigenvalue weighted by Crippen LogP contribution is -2.55. The third-order valence-electron chi connectivity index (χ3n) is 9.19. The van der Waals surface area contributed by atoms with Gasteiger partial charge in [0.15, 0.2) is 0 Å². The summed E-state index contributed by atoms with van der Waals surface area (Å²) in [7, 11) is 0. The van der Waals surface area contributed by atoms with Crippen LogP contribution < -0.4 is 0 Å². The number of benzene rings is 1. The van der Waals surface area contributed by atoms with Crippen molar-refractivity contribution in [1.29, 1.82) is 0 Å². The minimum absolute atomic E-state index is 0.0313. The molecule has 6 nitrogen and oxygen atoms in total. The van der Waals surface area contributed by atoms with E-state index in [0.717, 1.165) is 34.1 Å². The van der Waals surface area contributed by atoms with E-state index in [4.69, 9.17) is 0 Å². The molecule has 12 heteroatoms. The molecule has 0 spiro atoms. The summed E-state index contributed by atoms with van der Waals surface area (Å²) in [5.41, 5.74) is -5.31. The molecule has 44 heavy (non-hydrogen) atoms. The number of nitrogens with zero attached hydrogens (tertiary/aromatic N) is 2. The Hall–Kier alpha value is -3.67. The van der Waals surface area contributed by atoms with Gasteiger partial charge in [-0.1, -0.05) is 51.1 Å². The van der Waals surface area contributed by atoms with Gasteiger partial charge in [0.1, 0.15) is 6.23 Å². The maximum atomic E-state index is 14.7. The van der Waals surface area contributed by atoms with Crippen LogP contribution in [0.1, 0.15) is 64.5 Å². The Bertz CT molecular complexity index is 1530. The Labute approximate surface area is 250 Å². The highest BCUT2D eigenvalue weighted by atomic mass is 19.4. The number of halogens is 6. The molecule has 1 aromatic rings. The lowest BCUT2D eigenvalue weighted by atomic mass is 9.69. The van der Waals surface area contributed by atoms with Gasteiger partial charge in [-0.2, -0.15) is 26.3 Å². The average molecular weight is 623 g/mol. The molecule has 0 aromatic heterocycles. The van der Waals surface area contributed by atoms with Gasteiger partial charge in [-0.25, -0.2) is 0 Å². The second-order valence-corrected chi connectivity index (χ2v) is 12.3. The van der Waals surface area contributed by atoms with Crippen molar-refractivity contribution in [2.75, 3.05) is 0 Å². The number of likely N-dealkylation sites (tertiary alicyclic amines) is 1. The fourth-order valence-electron chi connectivity index (χ4n) is 6.97. The van der Waals surface area contributed by atoms with Crippen LogP contribution >= 0.6 is 0 Å². The zero-order valence-corrected chi connectivity index (χ0v) is 24.7. The van der Waals surface area contributed by atoms with Gasteiger partial charge in [-0.3, -0.25) is 24.2 Å². The van der Waals surface area contributed by atoms with E-state index in [1.165, 1.54) is 18.2 Å². The molecule has 0 bridgehead atoms. The number of fused-ring (bicyclic) bond motifs is 1. The van der Waals surface area contributed by atoms with Crippen LogP contribution in [-0.2, 0) is 19.8 Å². The van der Waals surface area contributed by atoms with E-state index in [0.29, 0.717) is 5.56 Å². The summed E-state index contributed by atoms with van der Waals surface area (Å²) in [4.78, 5) is 41.6. The van der Waals surface area contributed by atoms with Crippen LogP contribution in [0.25, 0.3) is 0 Å². The Balaban J connectivity index is 1.54. The van der Waals surface area contributed by atoms with Crippen molar-refractivity contribution in [3.05, 3.63) is 81.6 Å². The maximum absolute atomic E-state index is 14.7. The number of allylic oxidation sites excluding steroid dienone is 4. The smallest absolute Gasteiger partial charge is 0.372 e. The summed E-state index contributed by atoms with van der Waals surface area (Å²) in [6.45, 7) is 8.47. The van der Waals surface area contributed by atoms with Crippen molar-refractivity contribution in [3.63, 3.8) is 0 Å². The van der Waals surface area contributed by atoms with Crippen molar-refractivity contribution in [3.8, 4) is 0 Å². The fraction of sp³-hybridized carbons (Fsp3) is 0.469. The topological polar surface area (TPSA) is 77.9 Å². The summed E-state index contributed by atoms with van der Waals surface area (Å²) in [6.07, 6.45) is -11.1. The van der Waals surface area contributed by atoms with Gasteiger partial charge in [-0.05, 0) is 67.4 Å². The zero-order valence-electron chi connectivity index (χ0n) is 24.7. The number of aliphatic hydroxyl groups excluding tert-OH is 1. The van der Waals surface area contributed by atoms with Crippen molar-refractivity contribution in [1.82, 2.24) is 9.80 Å². The van der Waals surface area contributed by atoms with Gasteiger partial charge >= 0.3 is 12.4 Å². The van der Waals surface area contributed by atoms with Crippen LogP contribution in [0.5, 0.6) is 0 Å². The van der Waals surface area contributed by atoms with Gasteiger partial charge in [-0.15, -0.1) is 0 Å². The number of carbonyl (C=O) groups is 3. The number of alkyl halides is 6. The third kappa shape index (κ3) is 4.39. The lowest BCUT2D eigenvalue weighted by Gasteiger charge is -2.41. The first-order chi connectivity index (χ1) is 20.4. The summed E-state index contributed by atoms with van der Waals surface area (Å²) in [6, 6.07) is 3.79. The van der Waals surface area contributed by atoms with E-state index in [1.807, 2.05) is 0 Å². The average Bonchev–Trinajstić information content (AvgIpc) is 3.32. The van der Waals surface area contributed by atoms with Gasteiger partial charge < -0.3 is 5.11 Å². The third-order valence-corrected chi connectivity index (χ3v) is 9.19. The molecule has 2 unspecified atom stereocenters. The summed E-state index contributed by atoms with van der Waals surface area (Å²) < 4.78 is 88.0. The summed E-state index contributed by atoms with van der Waals surface area (Å²) in [5, 5.41) is 11.3. The molecule has 2 heterocycles. The first kappa shape index (κ1) is 31.7. The van der Waals surface area contributed by atoms with E-state index in [9.17, 15) is 45.8 Å². The van der Waals surface area contributed by atoms with Crippen LogP contribution in [0.4, 0.5) is 26.3 Å². The molecule has 3 amide bonds. The molecule has 2 aliphatic carbocycles. The molecule has 0 saturated carbocycles. The van der Waals surface area contributed by atoms with Crippen molar-refractivity contribution in [2.45, 2.75) is 83.4 Å².